The van der Waals surface area contributed by atoms with Gasteiger partial charge in [-0.3, -0.25) is 5.84 Å². The Morgan fingerprint density at radius 1 is 1.37 bits per heavy atom. The molecule has 0 saturated carbocycles. The van der Waals surface area contributed by atoms with Crippen LogP contribution in [0.1, 0.15) is 32.1 Å². The van der Waals surface area contributed by atoms with Gasteiger partial charge in [0, 0.05) is 12.0 Å². The molecule has 3 N–H and O–H groups in total. The van der Waals surface area contributed by atoms with Gasteiger partial charge in [0.25, 0.3) is 0 Å². The van der Waals surface area contributed by atoms with Crippen molar-refractivity contribution in [1.82, 2.24) is 5.43 Å². The van der Waals surface area contributed by atoms with Crippen LogP contribution in [0, 0.1) is 5.82 Å². The Balaban J connectivity index is 2.34. The average molecular weight is 266 g/mol. The van der Waals surface area contributed by atoms with Crippen LogP contribution in [0.2, 0.25) is 0 Å². The van der Waals surface area contributed by atoms with E-state index in [9.17, 15) is 4.39 Å². The molecule has 0 saturated heterocycles. The lowest BCUT2D eigenvalue weighted by molar-refractivity contribution is 0.0262. The fourth-order valence-corrected chi connectivity index (χ4v) is 2.22. The molecule has 0 fully saturated rings. The molecule has 2 atom stereocenters. The van der Waals surface area contributed by atoms with Crippen molar-refractivity contribution in [2.24, 2.45) is 5.84 Å². The van der Waals surface area contributed by atoms with Crippen LogP contribution in [-0.2, 0) is 4.74 Å². The normalized spacial score (nSPS) is 14.7. The van der Waals surface area contributed by atoms with E-state index in [4.69, 9.17) is 15.0 Å². The van der Waals surface area contributed by atoms with Gasteiger partial charge in [0.05, 0.1) is 6.10 Å². The van der Waals surface area contributed by atoms with Crippen LogP contribution in [0.5, 0.6) is 0 Å². The zero-order valence-corrected chi connectivity index (χ0v) is 11.2. The largest absolute Gasteiger partial charge is 0.459 e. The van der Waals surface area contributed by atoms with Crippen molar-refractivity contribution in [3.8, 4) is 0 Å². The molecular formula is C14H19FN2O2. The van der Waals surface area contributed by atoms with Crippen molar-refractivity contribution in [2.45, 2.75) is 32.4 Å². The third kappa shape index (κ3) is 2.94. The highest BCUT2D eigenvalue weighted by atomic mass is 19.1. The molecule has 5 heteroatoms. The Kier molecular flexibility index (Phi) is 4.52. The van der Waals surface area contributed by atoms with E-state index >= 15 is 0 Å². The molecule has 104 valence electrons. The van der Waals surface area contributed by atoms with Crippen molar-refractivity contribution < 1.29 is 13.5 Å². The highest BCUT2D eigenvalue weighted by Crippen LogP contribution is 2.28. The lowest BCUT2D eigenvalue weighted by Crippen LogP contribution is -2.37. The lowest BCUT2D eigenvalue weighted by Gasteiger charge is -2.23. The summed E-state index contributed by atoms with van der Waals surface area (Å²) < 4.78 is 24.5. The first-order valence-electron chi connectivity index (χ1n) is 6.46. The minimum Gasteiger partial charge on any atom is -0.459 e. The predicted molar refractivity (Wildman–Crippen MR) is 71.9 cm³/mol. The molecule has 2 unspecified atom stereocenters. The van der Waals surface area contributed by atoms with E-state index in [1.165, 1.54) is 12.1 Å². The molecule has 1 aromatic heterocycles. The number of hydrogen-bond acceptors (Lipinski definition) is 4. The molecule has 0 bridgehead atoms. The van der Waals surface area contributed by atoms with Crippen LogP contribution in [0.25, 0.3) is 11.0 Å². The molecule has 2 aromatic rings. The van der Waals surface area contributed by atoms with Crippen LogP contribution in [0.4, 0.5) is 4.39 Å². The van der Waals surface area contributed by atoms with E-state index < -0.39 is 0 Å². The lowest BCUT2D eigenvalue weighted by atomic mass is 10.1. The smallest absolute Gasteiger partial charge is 0.134 e. The number of benzene rings is 1. The molecule has 0 radical (unpaired) electrons. The third-order valence-electron chi connectivity index (χ3n) is 3.14. The number of hydrogen-bond donors (Lipinski definition) is 2. The van der Waals surface area contributed by atoms with Gasteiger partial charge < -0.3 is 9.15 Å². The number of halogens is 1. The highest BCUT2D eigenvalue weighted by Gasteiger charge is 2.24. The average Bonchev–Trinajstić information content (AvgIpc) is 2.81. The number of fused-ring (bicyclic) bond motifs is 1. The van der Waals surface area contributed by atoms with Crippen molar-refractivity contribution >= 4 is 11.0 Å². The fourth-order valence-electron chi connectivity index (χ4n) is 2.22. The standard InChI is InChI=1S/C14H19FN2O2/c1-3-11(18-4-2)14(17-16)13-8-9-7-10(15)5-6-12(9)19-13/h5-8,11,14,17H,3-4,16H2,1-2H3. The first-order chi connectivity index (χ1) is 9.19. The summed E-state index contributed by atoms with van der Waals surface area (Å²) >= 11 is 0. The van der Waals surface area contributed by atoms with E-state index in [-0.39, 0.29) is 18.0 Å². The quantitative estimate of drug-likeness (QED) is 0.623. The molecule has 0 aliphatic carbocycles. The zero-order chi connectivity index (χ0) is 13.8. The Bertz CT molecular complexity index is 541. The van der Waals surface area contributed by atoms with Crippen LogP contribution < -0.4 is 11.3 Å². The number of nitrogens with two attached hydrogens (primary N) is 1. The van der Waals surface area contributed by atoms with E-state index in [0.717, 1.165) is 11.8 Å². The first-order valence-corrected chi connectivity index (χ1v) is 6.46. The van der Waals surface area contributed by atoms with Crippen LogP contribution in [0.15, 0.2) is 28.7 Å². The van der Waals surface area contributed by atoms with Crippen molar-refractivity contribution in [3.05, 3.63) is 35.8 Å². The van der Waals surface area contributed by atoms with Crippen molar-refractivity contribution in [3.63, 3.8) is 0 Å². The molecule has 0 aliphatic heterocycles. The van der Waals surface area contributed by atoms with E-state index in [1.807, 2.05) is 13.8 Å². The SMILES string of the molecule is CCOC(CC)C(NN)c1cc2cc(F)ccc2o1. The maximum absolute atomic E-state index is 13.2. The van der Waals surface area contributed by atoms with Crippen molar-refractivity contribution in [2.75, 3.05) is 6.61 Å². The summed E-state index contributed by atoms with van der Waals surface area (Å²) in [7, 11) is 0. The molecule has 0 spiro atoms. The number of furan rings is 1. The Morgan fingerprint density at radius 3 is 2.79 bits per heavy atom. The molecule has 4 nitrogen and oxygen atoms in total. The molecular weight excluding hydrogens is 247 g/mol. The predicted octanol–water partition coefficient (Wildman–Crippen LogP) is 2.89. The van der Waals surface area contributed by atoms with E-state index in [2.05, 4.69) is 5.43 Å². The molecule has 0 aliphatic rings. The minimum atomic E-state index is -0.283. The summed E-state index contributed by atoms with van der Waals surface area (Å²) in [5.41, 5.74) is 3.36. The van der Waals surface area contributed by atoms with Gasteiger partial charge in [0.2, 0.25) is 0 Å². The summed E-state index contributed by atoms with van der Waals surface area (Å²) in [6.07, 6.45) is 0.717. The number of hydrazine groups is 1. The zero-order valence-electron chi connectivity index (χ0n) is 11.2. The summed E-state index contributed by atoms with van der Waals surface area (Å²) in [5, 5.41) is 0.724. The van der Waals surface area contributed by atoms with Gasteiger partial charge in [-0.25, -0.2) is 9.82 Å². The minimum absolute atomic E-state index is 0.0830. The molecule has 0 amide bonds. The molecule has 1 aromatic carbocycles. The fraction of sp³-hybridized carbons (Fsp3) is 0.429. The molecule has 2 rings (SSSR count). The summed E-state index contributed by atoms with van der Waals surface area (Å²) in [4.78, 5) is 0. The maximum Gasteiger partial charge on any atom is 0.134 e. The van der Waals surface area contributed by atoms with E-state index in [0.29, 0.717) is 18.0 Å². The number of rotatable bonds is 6. The van der Waals surface area contributed by atoms with Gasteiger partial charge in [-0.1, -0.05) is 6.92 Å². The second-order valence-electron chi connectivity index (χ2n) is 4.38. The Hall–Kier alpha value is -1.43. The van der Waals surface area contributed by atoms with Crippen molar-refractivity contribution in [1.29, 1.82) is 0 Å². The van der Waals surface area contributed by atoms with Crippen LogP contribution in [0.3, 0.4) is 0 Å². The maximum atomic E-state index is 13.2. The monoisotopic (exact) mass is 266 g/mol. The van der Waals surface area contributed by atoms with E-state index in [1.54, 1.807) is 12.1 Å². The number of nitrogens with one attached hydrogen (secondary N) is 1. The Labute approximate surface area is 111 Å². The van der Waals surface area contributed by atoms with Gasteiger partial charge in [0.1, 0.15) is 23.2 Å². The first kappa shape index (κ1) is 14.0. The summed E-state index contributed by atoms with van der Waals surface area (Å²) in [5.74, 6) is 5.97. The second-order valence-corrected chi connectivity index (χ2v) is 4.38. The van der Waals surface area contributed by atoms with Gasteiger partial charge in [-0.15, -0.1) is 0 Å². The number of ether oxygens (including phenoxy) is 1. The Morgan fingerprint density at radius 2 is 2.16 bits per heavy atom. The van der Waals surface area contributed by atoms with Gasteiger partial charge >= 0.3 is 0 Å². The summed E-state index contributed by atoms with van der Waals surface area (Å²) in [6.45, 7) is 4.56. The van der Waals surface area contributed by atoms with Crippen LogP contribution >= 0.6 is 0 Å². The molecule has 19 heavy (non-hydrogen) atoms. The topological polar surface area (TPSA) is 60.4 Å². The van der Waals surface area contributed by atoms with Gasteiger partial charge in [-0.05, 0) is 37.6 Å². The highest BCUT2D eigenvalue weighted by molar-refractivity contribution is 5.78. The second kappa shape index (κ2) is 6.14. The third-order valence-corrected chi connectivity index (χ3v) is 3.14. The summed E-state index contributed by atoms with van der Waals surface area (Å²) in [6, 6.07) is 5.98. The van der Waals surface area contributed by atoms with Gasteiger partial charge in [0.15, 0.2) is 0 Å². The molecule has 1 heterocycles. The van der Waals surface area contributed by atoms with Crippen LogP contribution in [-0.4, -0.2) is 12.7 Å². The van der Waals surface area contributed by atoms with Gasteiger partial charge in [-0.2, -0.15) is 0 Å².